The van der Waals surface area contributed by atoms with E-state index in [1.807, 2.05) is 18.3 Å². The number of halogens is 1. The van der Waals surface area contributed by atoms with Crippen molar-refractivity contribution >= 4 is 11.6 Å². The number of nitrogens with one attached hydrogen (secondary N) is 1. The molecule has 4 heteroatoms. The zero-order valence-electron chi connectivity index (χ0n) is 8.57. The van der Waals surface area contributed by atoms with Crippen LogP contribution in [-0.2, 0) is 12.3 Å². The van der Waals surface area contributed by atoms with Crippen LogP contribution in [0.15, 0.2) is 30.5 Å². The van der Waals surface area contributed by atoms with Crippen LogP contribution >= 0.6 is 11.6 Å². The van der Waals surface area contributed by atoms with Crippen LogP contribution in [0.2, 0.25) is 0 Å². The van der Waals surface area contributed by atoms with Crippen LogP contribution in [0.3, 0.4) is 0 Å². The highest BCUT2D eigenvalue weighted by Crippen LogP contribution is 2.09. The molecule has 0 radical (unpaired) electrons. The number of rotatable bonds is 3. The van der Waals surface area contributed by atoms with E-state index in [0.29, 0.717) is 11.4 Å². The molecule has 0 aliphatic carbocycles. The lowest BCUT2D eigenvalue weighted by molar-refractivity contribution is 1.01. The van der Waals surface area contributed by atoms with Gasteiger partial charge in [0.15, 0.2) is 0 Å². The third-order valence-electron chi connectivity index (χ3n) is 2.28. The average Bonchev–Trinajstić information content (AvgIpc) is 2.78. The Hall–Kier alpha value is -1.79. The predicted octanol–water partition coefficient (Wildman–Crippen LogP) is 2.61. The van der Waals surface area contributed by atoms with Crippen molar-refractivity contribution in [2.24, 2.45) is 0 Å². The Bertz CT molecular complexity index is 508. The predicted molar refractivity (Wildman–Crippen MR) is 62.1 cm³/mol. The number of benzene rings is 1. The lowest BCUT2D eigenvalue weighted by Crippen LogP contribution is -1.91. The van der Waals surface area contributed by atoms with E-state index in [2.05, 4.69) is 16.0 Å². The first kappa shape index (κ1) is 10.7. The Labute approximate surface area is 98.7 Å². The van der Waals surface area contributed by atoms with Crippen molar-refractivity contribution < 1.29 is 0 Å². The molecule has 3 nitrogen and oxygen atoms in total. The summed E-state index contributed by atoms with van der Waals surface area (Å²) in [6, 6.07) is 9.57. The molecular formula is C12H10ClN3. The number of aromatic nitrogens is 2. The van der Waals surface area contributed by atoms with Gasteiger partial charge >= 0.3 is 0 Å². The molecule has 0 saturated carbocycles. The zero-order valence-corrected chi connectivity index (χ0v) is 9.33. The molecule has 0 fully saturated rings. The number of hydrogen-bond donors (Lipinski definition) is 1. The second kappa shape index (κ2) is 4.82. The van der Waals surface area contributed by atoms with Crippen molar-refractivity contribution in [3.05, 3.63) is 53.1 Å². The maximum atomic E-state index is 8.67. The molecule has 0 bridgehead atoms. The van der Waals surface area contributed by atoms with Gasteiger partial charge in [0, 0.05) is 12.6 Å². The van der Waals surface area contributed by atoms with Crippen molar-refractivity contribution in [1.29, 1.82) is 5.26 Å². The van der Waals surface area contributed by atoms with Crippen LogP contribution in [0.4, 0.5) is 0 Å². The molecule has 80 valence electrons. The van der Waals surface area contributed by atoms with E-state index < -0.39 is 0 Å². The van der Waals surface area contributed by atoms with E-state index in [1.165, 1.54) is 0 Å². The van der Waals surface area contributed by atoms with Crippen molar-refractivity contribution in [2.75, 3.05) is 0 Å². The summed E-state index contributed by atoms with van der Waals surface area (Å²) in [5, 5.41) is 8.67. The van der Waals surface area contributed by atoms with Crippen LogP contribution in [-0.4, -0.2) is 9.97 Å². The fourth-order valence-corrected chi connectivity index (χ4v) is 1.59. The Morgan fingerprint density at radius 2 is 2.06 bits per heavy atom. The van der Waals surface area contributed by atoms with Gasteiger partial charge < -0.3 is 4.98 Å². The molecule has 1 N–H and O–H groups in total. The number of H-pyrrole nitrogens is 1. The zero-order chi connectivity index (χ0) is 11.4. The highest BCUT2D eigenvalue weighted by atomic mass is 35.5. The number of nitriles is 1. The van der Waals surface area contributed by atoms with Crippen molar-refractivity contribution in [2.45, 2.75) is 12.3 Å². The summed E-state index contributed by atoms with van der Waals surface area (Å²) >= 11 is 5.66. The third-order valence-corrected chi connectivity index (χ3v) is 2.55. The number of aromatic amines is 1. The highest BCUT2D eigenvalue weighted by Gasteiger charge is 2.01. The van der Waals surface area contributed by atoms with E-state index in [1.54, 1.807) is 12.1 Å². The minimum atomic E-state index is 0.421. The number of hydrogen-bond acceptors (Lipinski definition) is 2. The quantitative estimate of drug-likeness (QED) is 0.826. The van der Waals surface area contributed by atoms with Crippen LogP contribution in [0, 0.1) is 11.3 Å². The van der Waals surface area contributed by atoms with E-state index >= 15 is 0 Å². The average molecular weight is 232 g/mol. The van der Waals surface area contributed by atoms with Crippen LogP contribution < -0.4 is 0 Å². The second-order valence-electron chi connectivity index (χ2n) is 3.46. The molecule has 16 heavy (non-hydrogen) atoms. The molecular weight excluding hydrogens is 222 g/mol. The summed E-state index contributed by atoms with van der Waals surface area (Å²) in [6.07, 6.45) is 2.54. The maximum absolute atomic E-state index is 8.67. The largest absolute Gasteiger partial charge is 0.348 e. The molecule has 1 aromatic carbocycles. The lowest BCUT2D eigenvalue weighted by Gasteiger charge is -1.97. The summed E-state index contributed by atoms with van der Waals surface area (Å²) in [5.41, 5.74) is 2.64. The lowest BCUT2D eigenvalue weighted by atomic mass is 10.1. The van der Waals surface area contributed by atoms with Gasteiger partial charge in [-0.05, 0) is 17.7 Å². The van der Waals surface area contributed by atoms with Gasteiger partial charge in [-0.2, -0.15) is 5.26 Å². The molecule has 0 spiro atoms. The third kappa shape index (κ3) is 2.41. The minimum absolute atomic E-state index is 0.421. The van der Waals surface area contributed by atoms with Crippen LogP contribution in [0.1, 0.15) is 22.6 Å². The van der Waals surface area contributed by atoms with Crippen molar-refractivity contribution in [1.82, 2.24) is 9.97 Å². The number of alkyl halides is 1. The Morgan fingerprint density at radius 3 is 2.62 bits per heavy atom. The molecule has 0 amide bonds. The van der Waals surface area contributed by atoms with Crippen LogP contribution in [0.25, 0.3) is 0 Å². The van der Waals surface area contributed by atoms with Gasteiger partial charge in [-0.15, -0.1) is 11.6 Å². The Morgan fingerprint density at radius 1 is 1.31 bits per heavy atom. The topological polar surface area (TPSA) is 52.5 Å². The summed E-state index contributed by atoms with van der Waals surface area (Å²) in [5.74, 6) is 1.31. The second-order valence-corrected chi connectivity index (χ2v) is 3.72. The fourth-order valence-electron chi connectivity index (χ4n) is 1.45. The van der Waals surface area contributed by atoms with Gasteiger partial charge in [-0.25, -0.2) is 4.98 Å². The van der Waals surface area contributed by atoms with Gasteiger partial charge in [-0.3, -0.25) is 0 Å². The first-order valence-corrected chi connectivity index (χ1v) is 5.43. The summed E-state index contributed by atoms with van der Waals surface area (Å²) in [6.45, 7) is 0. The van der Waals surface area contributed by atoms with Gasteiger partial charge in [0.05, 0.1) is 23.2 Å². The van der Waals surface area contributed by atoms with Gasteiger partial charge in [0.2, 0.25) is 0 Å². The molecule has 0 atom stereocenters. The molecule has 0 aliphatic rings. The molecule has 2 aromatic rings. The maximum Gasteiger partial charge on any atom is 0.110 e. The number of imidazole rings is 1. The Kier molecular flexibility index (Phi) is 3.23. The Balaban J connectivity index is 2.11. The highest BCUT2D eigenvalue weighted by molar-refractivity contribution is 6.16. The summed E-state index contributed by atoms with van der Waals surface area (Å²) in [7, 11) is 0. The van der Waals surface area contributed by atoms with E-state index in [0.717, 1.165) is 23.5 Å². The monoisotopic (exact) mass is 231 g/mol. The van der Waals surface area contributed by atoms with Gasteiger partial charge in [-0.1, -0.05) is 12.1 Å². The first-order chi connectivity index (χ1) is 7.81. The van der Waals surface area contributed by atoms with Gasteiger partial charge in [0.1, 0.15) is 5.82 Å². The minimum Gasteiger partial charge on any atom is -0.348 e. The summed E-state index contributed by atoms with van der Waals surface area (Å²) in [4.78, 5) is 7.39. The molecule has 1 aromatic heterocycles. The first-order valence-electron chi connectivity index (χ1n) is 4.90. The van der Waals surface area contributed by atoms with E-state index in [4.69, 9.17) is 16.9 Å². The fraction of sp³-hybridized carbons (Fsp3) is 0.167. The van der Waals surface area contributed by atoms with E-state index in [-0.39, 0.29) is 0 Å². The normalized spacial score (nSPS) is 10.0. The van der Waals surface area contributed by atoms with Crippen molar-refractivity contribution in [3.8, 4) is 6.07 Å². The molecule has 0 aliphatic heterocycles. The number of nitrogens with zero attached hydrogens (tertiary/aromatic N) is 2. The molecule has 2 rings (SSSR count). The molecule has 0 saturated heterocycles. The smallest absolute Gasteiger partial charge is 0.110 e. The SMILES string of the molecule is N#Cc1ccc(Cc2nc(CCl)c[nH]2)cc1. The van der Waals surface area contributed by atoms with E-state index in [9.17, 15) is 0 Å². The molecule has 0 unspecified atom stereocenters. The van der Waals surface area contributed by atoms with Crippen molar-refractivity contribution in [3.63, 3.8) is 0 Å². The van der Waals surface area contributed by atoms with Gasteiger partial charge in [0.25, 0.3) is 0 Å². The standard InChI is InChI=1S/C12H10ClN3/c13-6-11-8-15-12(16-11)5-9-1-3-10(7-14)4-2-9/h1-4,8H,5-6H2,(H,15,16). The van der Waals surface area contributed by atoms with Crippen LogP contribution in [0.5, 0.6) is 0 Å². The molecule has 1 heterocycles. The summed E-state index contributed by atoms with van der Waals surface area (Å²) < 4.78 is 0.